The summed E-state index contributed by atoms with van der Waals surface area (Å²) in [7, 11) is 2.03. The van der Waals surface area contributed by atoms with E-state index < -0.39 is 5.91 Å². The van der Waals surface area contributed by atoms with Crippen molar-refractivity contribution in [3.63, 3.8) is 0 Å². The maximum absolute atomic E-state index is 11.1. The summed E-state index contributed by atoms with van der Waals surface area (Å²) in [5.74, 6) is -0.402. The van der Waals surface area contributed by atoms with Crippen LogP contribution in [0, 0.1) is 0 Å². The van der Waals surface area contributed by atoms with Crippen LogP contribution in [0.5, 0.6) is 0 Å². The molecular weight excluding hydrogens is 379 g/mol. The third-order valence-electron chi connectivity index (χ3n) is 4.27. The molecule has 0 bridgehead atoms. The number of rotatable bonds is 5. The van der Waals surface area contributed by atoms with Crippen LogP contribution in [-0.4, -0.2) is 42.0 Å². The molecule has 1 unspecified atom stereocenters. The van der Waals surface area contributed by atoms with Gasteiger partial charge in [0.05, 0.1) is 5.69 Å². The highest BCUT2D eigenvalue weighted by atomic mass is 35.5. The molecular formula is C17H24Cl2N4OS. The topological polar surface area (TPSA) is 71.2 Å². The Labute approximate surface area is 164 Å². The third kappa shape index (κ3) is 5.66. The number of hydrogen-bond donors (Lipinski definition) is 2. The molecule has 0 aliphatic carbocycles. The lowest BCUT2D eigenvalue weighted by Crippen LogP contribution is -2.43. The van der Waals surface area contributed by atoms with Crippen molar-refractivity contribution >= 4 is 42.1 Å². The number of piperidine rings is 1. The lowest BCUT2D eigenvalue weighted by atomic mass is 10.1. The smallest absolute Gasteiger partial charge is 0.248 e. The SMILES string of the molecule is CNC1CCCN(Cc2csc(-c3ccc(C(N)=O)cc3)n2)C1.Cl.Cl. The summed E-state index contributed by atoms with van der Waals surface area (Å²) in [5.41, 5.74) is 7.93. The van der Waals surface area contributed by atoms with Crippen molar-refractivity contribution in [1.29, 1.82) is 0 Å². The number of thiazole rings is 1. The number of amides is 1. The van der Waals surface area contributed by atoms with E-state index in [1.54, 1.807) is 23.5 Å². The van der Waals surface area contributed by atoms with E-state index in [0.717, 1.165) is 35.9 Å². The number of carbonyl (C=O) groups is 1. The third-order valence-corrected chi connectivity index (χ3v) is 5.21. The lowest BCUT2D eigenvalue weighted by Gasteiger charge is -2.31. The number of primary amides is 1. The fourth-order valence-corrected chi connectivity index (χ4v) is 3.77. The van der Waals surface area contributed by atoms with Crippen molar-refractivity contribution in [3.05, 3.63) is 40.9 Å². The number of hydrogen-bond acceptors (Lipinski definition) is 5. The predicted molar refractivity (Wildman–Crippen MR) is 108 cm³/mol. The molecule has 3 rings (SSSR count). The first kappa shape index (κ1) is 21.9. The molecule has 2 aromatic rings. The monoisotopic (exact) mass is 402 g/mol. The molecule has 0 radical (unpaired) electrons. The molecule has 1 atom stereocenters. The van der Waals surface area contributed by atoms with Gasteiger partial charge >= 0.3 is 0 Å². The Morgan fingerprint density at radius 2 is 2.08 bits per heavy atom. The molecule has 5 nitrogen and oxygen atoms in total. The molecule has 138 valence electrons. The largest absolute Gasteiger partial charge is 0.366 e. The molecule has 8 heteroatoms. The van der Waals surface area contributed by atoms with Gasteiger partial charge in [-0.2, -0.15) is 0 Å². The van der Waals surface area contributed by atoms with Crippen molar-refractivity contribution in [1.82, 2.24) is 15.2 Å². The zero-order valence-corrected chi connectivity index (χ0v) is 16.6. The summed E-state index contributed by atoms with van der Waals surface area (Å²) >= 11 is 1.64. The number of likely N-dealkylation sites (N-methyl/N-ethyl adjacent to an activating group) is 1. The molecule has 1 aliphatic heterocycles. The van der Waals surface area contributed by atoms with Crippen LogP contribution in [0.2, 0.25) is 0 Å². The van der Waals surface area contributed by atoms with Crippen LogP contribution < -0.4 is 11.1 Å². The average Bonchev–Trinajstić information content (AvgIpc) is 3.03. The van der Waals surface area contributed by atoms with E-state index in [1.165, 1.54) is 12.8 Å². The Morgan fingerprint density at radius 3 is 2.72 bits per heavy atom. The quantitative estimate of drug-likeness (QED) is 0.806. The van der Waals surface area contributed by atoms with Gasteiger partial charge in [-0.25, -0.2) is 4.98 Å². The predicted octanol–water partition coefficient (Wildman–Crippen LogP) is 2.94. The molecule has 1 fully saturated rings. The summed E-state index contributed by atoms with van der Waals surface area (Å²) in [6.45, 7) is 3.11. The molecule has 2 heterocycles. The Hall–Kier alpha value is -1.18. The Balaban J connectivity index is 0.00000156. The van der Waals surface area contributed by atoms with Crippen molar-refractivity contribution < 1.29 is 4.79 Å². The van der Waals surface area contributed by atoms with Crippen LogP contribution in [0.15, 0.2) is 29.6 Å². The maximum atomic E-state index is 11.1. The van der Waals surface area contributed by atoms with Crippen LogP contribution in [0.3, 0.4) is 0 Å². The van der Waals surface area contributed by atoms with E-state index in [4.69, 9.17) is 10.7 Å². The molecule has 3 N–H and O–H groups in total. The van der Waals surface area contributed by atoms with E-state index in [9.17, 15) is 4.79 Å². The van der Waals surface area contributed by atoms with Gasteiger partial charge in [0.15, 0.2) is 0 Å². The molecule has 1 amide bonds. The number of benzene rings is 1. The Morgan fingerprint density at radius 1 is 1.36 bits per heavy atom. The van der Waals surface area contributed by atoms with Gasteiger partial charge in [0.1, 0.15) is 5.01 Å². The van der Waals surface area contributed by atoms with Crippen LogP contribution in [0.25, 0.3) is 10.6 Å². The number of nitrogens with zero attached hydrogens (tertiary/aromatic N) is 2. The van der Waals surface area contributed by atoms with Gasteiger partial charge in [-0.15, -0.1) is 36.2 Å². The first-order valence-corrected chi connectivity index (χ1v) is 8.78. The average molecular weight is 403 g/mol. The van der Waals surface area contributed by atoms with Gasteiger partial charge in [-0.3, -0.25) is 9.69 Å². The summed E-state index contributed by atoms with van der Waals surface area (Å²) < 4.78 is 0. The molecule has 1 saturated heterocycles. The van der Waals surface area contributed by atoms with Crippen LogP contribution in [-0.2, 0) is 6.54 Å². The Bertz CT molecular complexity index is 678. The van der Waals surface area contributed by atoms with E-state index in [2.05, 4.69) is 15.6 Å². The molecule has 0 saturated carbocycles. The molecule has 1 aromatic heterocycles. The van der Waals surface area contributed by atoms with Gasteiger partial charge in [0, 0.05) is 35.6 Å². The summed E-state index contributed by atoms with van der Waals surface area (Å²) in [4.78, 5) is 18.3. The number of nitrogens with two attached hydrogens (primary N) is 1. The number of nitrogens with one attached hydrogen (secondary N) is 1. The second-order valence-corrected chi connectivity index (χ2v) is 6.81. The van der Waals surface area contributed by atoms with Gasteiger partial charge in [0.2, 0.25) is 5.91 Å². The van der Waals surface area contributed by atoms with E-state index in [1.807, 2.05) is 19.2 Å². The van der Waals surface area contributed by atoms with Gasteiger partial charge in [0.25, 0.3) is 0 Å². The van der Waals surface area contributed by atoms with Crippen molar-refractivity contribution in [2.24, 2.45) is 5.73 Å². The van der Waals surface area contributed by atoms with E-state index >= 15 is 0 Å². The van der Waals surface area contributed by atoms with Gasteiger partial charge < -0.3 is 11.1 Å². The van der Waals surface area contributed by atoms with Crippen molar-refractivity contribution in [2.75, 3.05) is 20.1 Å². The zero-order valence-electron chi connectivity index (χ0n) is 14.1. The number of likely N-dealkylation sites (tertiary alicyclic amines) is 1. The minimum Gasteiger partial charge on any atom is -0.366 e. The fourth-order valence-electron chi connectivity index (χ4n) is 2.95. The minimum atomic E-state index is -0.402. The summed E-state index contributed by atoms with van der Waals surface area (Å²) in [6, 6.07) is 7.89. The van der Waals surface area contributed by atoms with Crippen LogP contribution in [0.4, 0.5) is 0 Å². The zero-order chi connectivity index (χ0) is 16.2. The van der Waals surface area contributed by atoms with E-state index in [0.29, 0.717) is 11.6 Å². The summed E-state index contributed by atoms with van der Waals surface area (Å²) in [5, 5.41) is 6.48. The fraction of sp³-hybridized carbons (Fsp3) is 0.412. The molecule has 25 heavy (non-hydrogen) atoms. The van der Waals surface area contributed by atoms with Crippen LogP contribution >= 0.6 is 36.2 Å². The number of carbonyl (C=O) groups excluding carboxylic acids is 1. The normalized spacial score (nSPS) is 17.4. The van der Waals surface area contributed by atoms with Crippen molar-refractivity contribution in [2.45, 2.75) is 25.4 Å². The van der Waals surface area contributed by atoms with Gasteiger partial charge in [-0.1, -0.05) is 12.1 Å². The molecule has 1 aliphatic rings. The second-order valence-electron chi connectivity index (χ2n) is 5.95. The van der Waals surface area contributed by atoms with E-state index in [-0.39, 0.29) is 24.8 Å². The second kappa shape index (κ2) is 10.1. The molecule has 0 spiro atoms. The van der Waals surface area contributed by atoms with Crippen LogP contribution in [0.1, 0.15) is 28.9 Å². The van der Waals surface area contributed by atoms with Gasteiger partial charge in [-0.05, 0) is 38.6 Å². The highest BCUT2D eigenvalue weighted by Crippen LogP contribution is 2.25. The maximum Gasteiger partial charge on any atom is 0.248 e. The molecule has 1 aromatic carbocycles. The first-order valence-electron chi connectivity index (χ1n) is 7.90. The summed E-state index contributed by atoms with van der Waals surface area (Å²) in [6.07, 6.45) is 2.48. The number of aromatic nitrogens is 1. The van der Waals surface area contributed by atoms with Crippen molar-refractivity contribution in [3.8, 4) is 10.6 Å². The standard InChI is InChI=1S/C17H22N4OS.2ClH/c1-19-14-3-2-8-21(9-14)10-15-11-23-17(20-15)13-6-4-12(5-7-13)16(18)22;;/h4-7,11,14,19H,2-3,8-10H2,1H3,(H2,18,22);2*1H. The lowest BCUT2D eigenvalue weighted by molar-refractivity contribution is 0.100. The Kier molecular flexibility index (Phi) is 8.82. The highest BCUT2D eigenvalue weighted by Gasteiger charge is 2.19. The number of halogens is 2. The minimum absolute atomic E-state index is 0. The first-order chi connectivity index (χ1) is 11.2. The highest BCUT2D eigenvalue weighted by molar-refractivity contribution is 7.13.